The van der Waals surface area contributed by atoms with Gasteiger partial charge in [0.15, 0.2) is 0 Å². The number of Topliss-reactive ketones (excluding diaryl/α,β-unsaturated/α-hetero) is 1. The largest absolute Gasteiger partial charge is 0.298 e. The van der Waals surface area contributed by atoms with Crippen molar-refractivity contribution in [2.24, 2.45) is 0 Å². The van der Waals surface area contributed by atoms with Gasteiger partial charge >= 0.3 is 0 Å². The summed E-state index contributed by atoms with van der Waals surface area (Å²) in [4.78, 5) is 10.5. The monoisotopic (exact) mass is 244 g/mol. The highest BCUT2D eigenvalue weighted by Crippen LogP contribution is 2.07. The summed E-state index contributed by atoms with van der Waals surface area (Å²) in [5, 5.41) is -0.245. The van der Waals surface area contributed by atoms with Crippen LogP contribution in [-0.2, 0) is 4.79 Å². The lowest BCUT2D eigenvalue weighted by Gasteiger charge is -2.01. The Morgan fingerprint density at radius 1 is 1.38 bits per heavy atom. The van der Waals surface area contributed by atoms with Gasteiger partial charge in [0.1, 0.15) is 11.6 Å². The molecule has 1 aromatic carbocycles. The second kappa shape index (κ2) is 9.34. The standard InChI is InChI=1S/C7H13ClO.C6H5F/c1-3-4-5-7(8)6(2)9;7-6-4-2-1-3-5-6/h7H,3-5H2,1-2H3;1-5H. The summed E-state index contributed by atoms with van der Waals surface area (Å²) < 4.78 is 11.9. The molecule has 0 aliphatic heterocycles. The SMILES string of the molecule is CCCCC(Cl)C(C)=O.Fc1ccccc1. The third-order valence-electron chi connectivity index (χ3n) is 1.99. The van der Waals surface area contributed by atoms with E-state index >= 15 is 0 Å². The van der Waals surface area contributed by atoms with Gasteiger partial charge < -0.3 is 0 Å². The van der Waals surface area contributed by atoms with E-state index in [9.17, 15) is 9.18 Å². The number of alkyl halides is 1. The molecule has 1 nitrogen and oxygen atoms in total. The maximum atomic E-state index is 11.9. The zero-order valence-electron chi connectivity index (χ0n) is 9.75. The van der Waals surface area contributed by atoms with Gasteiger partial charge in [0, 0.05) is 0 Å². The first-order valence-corrected chi connectivity index (χ1v) is 5.86. The first kappa shape index (κ1) is 15.1. The lowest BCUT2D eigenvalue weighted by atomic mass is 10.1. The maximum Gasteiger partial charge on any atom is 0.147 e. The van der Waals surface area contributed by atoms with Crippen molar-refractivity contribution in [3.63, 3.8) is 0 Å². The van der Waals surface area contributed by atoms with Crippen LogP contribution in [0.3, 0.4) is 0 Å². The minimum Gasteiger partial charge on any atom is -0.298 e. The second-order valence-corrected chi connectivity index (χ2v) is 4.04. The van der Waals surface area contributed by atoms with Crippen molar-refractivity contribution >= 4 is 17.4 Å². The first-order valence-electron chi connectivity index (χ1n) is 5.43. The van der Waals surface area contributed by atoms with Gasteiger partial charge in [-0.1, -0.05) is 38.0 Å². The summed E-state index contributed by atoms with van der Waals surface area (Å²) >= 11 is 5.64. The molecule has 0 saturated heterocycles. The van der Waals surface area contributed by atoms with Crippen LogP contribution in [0, 0.1) is 5.82 Å². The summed E-state index contributed by atoms with van der Waals surface area (Å²) in [6.07, 6.45) is 2.98. The van der Waals surface area contributed by atoms with Crippen molar-refractivity contribution in [2.45, 2.75) is 38.5 Å². The number of unbranched alkanes of at least 4 members (excludes halogenated alkanes) is 1. The van der Waals surface area contributed by atoms with Crippen molar-refractivity contribution in [2.75, 3.05) is 0 Å². The van der Waals surface area contributed by atoms with Crippen molar-refractivity contribution < 1.29 is 9.18 Å². The molecule has 0 heterocycles. The van der Waals surface area contributed by atoms with Crippen LogP contribution >= 0.6 is 11.6 Å². The molecule has 1 unspecified atom stereocenters. The van der Waals surface area contributed by atoms with Crippen LogP contribution in [0.1, 0.15) is 33.1 Å². The quantitative estimate of drug-likeness (QED) is 0.726. The molecule has 1 atom stereocenters. The molecule has 0 aromatic heterocycles. The third-order valence-corrected chi connectivity index (χ3v) is 2.51. The van der Waals surface area contributed by atoms with E-state index in [0.29, 0.717) is 0 Å². The highest BCUT2D eigenvalue weighted by atomic mass is 35.5. The minimum absolute atomic E-state index is 0.0881. The van der Waals surface area contributed by atoms with Crippen LogP contribution < -0.4 is 0 Å². The molecule has 16 heavy (non-hydrogen) atoms. The molecule has 0 N–H and O–H groups in total. The maximum absolute atomic E-state index is 11.9. The Morgan fingerprint density at radius 2 is 1.94 bits per heavy atom. The number of benzene rings is 1. The predicted molar refractivity (Wildman–Crippen MR) is 66.2 cm³/mol. The highest BCUT2D eigenvalue weighted by molar-refractivity contribution is 6.30. The van der Waals surface area contributed by atoms with E-state index in [-0.39, 0.29) is 17.0 Å². The molecule has 0 fully saturated rings. The molecular formula is C13H18ClFO. The Bertz CT molecular complexity index is 287. The summed E-state index contributed by atoms with van der Waals surface area (Å²) in [6, 6.07) is 7.94. The summed E-state index contributed by atoms with van der Waals surface area (Å²) in [5.41, 5.74) is 0. The third kappa shape index (κ3) is 8.42. The van der Waals surface area contributed by atoms with Crippen LogP contribution in [0.25, 0.3) is 0 Å². The predicted octanol–water partition coefficient (Wildman–Crippen LogP) is 4.20. The summed E-state index contributed by atoms with van der Waals surface area (Å²) in [5.74, 6) is -0.0902. The molecule has 1 rings (SSSR count). The molecule has 0 radical (unpaired) electrons. The Morgan fingerprint density at radius 3 is 2.25 bits per heavy atom. The first-order chi connectivity index (χ1) is 7.57. The second-order valence-electron chi connectivity index (χ2n) is 3.52. The van der Waals surface area contributed by atoms with Gasteiger partial charge in [0.05, 0.1) is 5.38 Å². The van der Waals surface area contributed by atoms with Crippen LogP contribution in [0.5, 0.6) is 0 Å². The molecule has 1 aromatic rings. The molecule has 0 bridgehead atoms. The van der Waals surface area contributed by atoms with E-state index in [1.165, 1.54) is 19.1 Å². The van der Waals surface area contributed by atoms with E-state index in [4.69, 9.17) is 11.6 Å². The normalized spacial score (nSPS) is 11.2. The molecule has 0 amide bonds. The average Bonchev–Trinajstić information content (AvgIpc) is 2.27. The molecular weight excluding hydrogens is 227 g/mol. The summed E-state index contributed by atoms with van der Waals surface area (Å²) in [6.45, 7) is 3.62. The van der Waals surface area contributed by atoms with Gasteiger partial charge in [-0.3, -0.25) is 4.79 Å². The minimum atomic E-state index is -0.245. The van der Waals surface area contributed by atoms with Gasteiger partial charge in [0.2, 0.25) is 0 Å². The summed E-state index contributed by atoms with van der Waals surface area (Å²) in [7, 11) is 0. The van der Waals surface area contributed by atoms with E-state index in [1.54, 1.807) is 18.2 Å². The van der Waals surface area contributed by atoms with Crippen molar-refractivity contribution in [1.29, 1.82) is 0 Å². The van der Waals surface area contributed by atoms with Crippen molar-refractivity contribution in [3.05, 3.63) is 36.1 Å². The number of carbonyl (C=O) groups is 1. The molecule has 0 aliphatic rings. The fourth-order valence-corrected chi connectivity index (χ4v) is 1.16. The lowest BCUT2D eigenvalue weighted by Crippen LogP contribution is -2.09. The number of halogens is 2. The Hall–Kier alpha value is -0.890. The van der Waals surface area contributed by atoms with Gasteiger partial charge in [-0.15, -0.1) is 11.6 Å². The van der Waals surface area contributed by atoms with Crippen LogP contribution in [0.15, 0.2) is 30.3 Å². The molecule has 90 valence electrons. The van der Waals surface area contributed by atoms with Crippen LogP contribution in [0.2, 0.25) is 0 Å². The average molecular weight is 245 g/mol. The fraction of sp³-hybridized carbons (Fsp3) is 0.462. The van der Waals surface area contributed by atoms with E-state index < -0.39 is 0 Å². The smallest absolute Gasteiger partial charge is 0.147 e. The highest BCUT2D eigenvalue weighted by Gasteiger charge is 2.07. The van der Waals surface area contributed by atoms with Gasteiger partial charge in [-0.25, -0.2) is 4.39 Å². The van der Waals surface area contributed by atoms with E-state index in [0.717, 1.165) is 19.3 Å². The fourth-order valence-electron chi connectivity index (χ4n) is 1.00. The van der Waals surface area contributed by atoms with E-state index in [1.807, 2.05) is 0 Å². The van der Waals surface area contributed by atoms with Gasteiger partial charge in [-0.05, 0) is 25.5 Å². The number of ketones is 1. The topological polar surface area (TPSA) is 17.1 Å². The zero-order valence-corrected chi connectivity index (χ0v) is 10.5. The molecule has 0 spiro atoms. The molecule has 0 aliphatic carbocycles. The Kier molecular flexibility index (Phi) is 8.82. The Balaban J connectivity index is 0.000000288. The van der Waals surface area contributed by atoms with Crippen molar-refractivity contribution in [1.82, 2.24) is 0 Å². The van der Waals surface area contributed by atoms with Crippen LogP contribution in [-0.4, -0.2) is 11.2 Å². The van der Waals surface area contributed by atoms with Gasteiger partial charge in [0.25, 0.3) is 0 Å². The number of hydrogen-bond acceptors (Lipinski definition) is 1. The number of carbonyl (C=O) groups excluding carboxylic acids is 1. The van der Waals surface area contributed by atoms with Gasteiger partial charge in [-0.2, -0.15) is 0 Å². The lowest BCUT2D eigenvalue weighted by molar-refractivity contribution is -0.116. The molecule has 3 heteroatoms. The van der Waals surface area contributed by atoms with Crippen molar-refractivity contribution in [3.8, 4) is 0 Å². The number of rotatable bonds is 4. The Labute approximate surface area is 102 Å². The molecule has 0 saturated carbocycles. The van der Waals surface area contributed by atoms with E-state index in [2.05, 4.69) is 6.92 Å². The number of hydrogen-bond donors (Lipinski definition) is 0. The van der Waals surface area contributed by atoms with Crippen LogP contribution in [0.4, 0.5) is 4.39 Å². The zero-order chi connectivity index (χ0) is 12.4.